The van der Waals surface area contributed by atoms with E-state index in [1.54, 1.807) is 30.3 Å². The number of aromatic carboxylic acids is 1. The van der Waals surface area contributed by atoms with Crippen LogP contribution in [0.1, 0.15) is 21.5 Å². The van der Waals surface area contributed by atoms with Gasteiger partial charge in [-0.2, -0.15) is 0 Å². The fourth-order valence-corrected chi connectivity index (χ4v) is 5.77. The summed E-state index contributed by atoms with van der Waals surface area (Å²) in [6.45, 7) is 1.91. The number of sulfone groups is 1. The Morgan fingerprint density at radius 3 is 2.53 bits per heavy atom. The predicted molar refractivity (Wildman–Crippen MR) is 131 cm³/mol. The molecule has 0 atom stereocenters. The second kappa shape index (κ2) is 9.66. The monoisotopic (exact) mass is 494 g/mol. The standard InChI is InChI=1S/C25H22N2O5S2/c1-16-13-20(22-6-4-12-33-22)23(21(14-16)25(28)29)27-15-17-5-3-11-26-24(17)34(30,31)19-9-7-18(32-2)8-10-19/h3-14,27H,15H2,1-2H3,(H,28,29). The lowest BCUT2D eigenvalue weighted by Crippen LogP contribution is -2.13. The molecule has 2 aromatic carbocycles. The summed E-state index contributed by atoms with van der Waals surface area (Å²) < 4.78 is 31.7. The number of aryl methyl sites for hydroxylation is 1. The number of benzene rings is 2. The lowest BCUT2D eigenvalue weighted by molar-refractivity contribution is 0.0698. The zero-order valence-corrected chi connectivity index (χ0v) is 20.1. The van der Waals surface area contributed by atoms with Crippen molar-refractivity contribution < 1.29 is 23.1 Å². The summed E-state index contributed by atoms with van der Waals surface area (Å²) in [5.74, 6) is -0.523. The van der Waals surface area contributed by atoms with Crippen LogP contribution in [-0.2, 0) is 16.4 Å². The summed E-state index contributed by atoms with van der Waals surface area (Å²) in [4.78, 5) is 17.2. The molecule has 4 rings (SSSR count). The first-order valence-electron chi connectivity index (χ1n) is 10.3. The number of carboxylic acid groups (broad SMARTS) is 1. The van der Waals surface area contributed by atoms with Crippen LogP contribution in [-0.4, -0.2) is 31.6 Å². The van der Waals surface area contributed by atoms with Crippen LogP contribution in [0, 0.1) is 6.92 Å². The molecule has 2 N–H and O–H groups in total. The van der Waals surface area contributed by atoms with Gasteiger partial charge in [0.1, 0.15) is 5.75 Å². The van der Waals surface area contributed by atoms with Gasteiger partial charge in [-0.3, -0.25) is 0 Å². The molecule has 0 aliphatic carbocycles. The SMILES string of the molecule is COc1ccc(S(=O)(=O)c2ncccc2CNc2c(C(=O)O)cc(C)cc2-c2cccs2)cc1. The number of ether oxygens (including phenoxy) is 1. The quantitative estimate of drug-likeness (QED) is 0.344. The Morgan fingerprint density at radius 2 is 1.88 bits per heavy atom. The van der Waals surface area contributed by atoms with Gasteiger partial charge in [0.25, 0.3) is 0 Å². The van der Waals surface area contributed by atoms with Gasteiger partial charge in [0.2, 0.25) is 9.84 Å². The summed E-state index contributed by atoms with van der Waals surface area (Å²) in [5, 5.41) is 14.8. The number of nitrogens with one attached hydrogen (secondary N) is 1. The van der Waals surface area contributed by atoms with Gasteiger partial charge in [-0.25, -0.2) is 18.2 Å². The Morgan fingerprint density at radius 1 is 1.12 bits per heavy atom. The Labute approximate surface area is 201 Å². The van der Waals surface area contributed by atoms with E-state index in [1.165, 1.54) is 36.8 Å². The number of carboxylic acids is 1. The summed E-state index contributed by atoms with van der Waals surface area (Å²) in [6.07, 6.45) is 1.42. The van der Waals surface area contributed by atoms with Gasteiger partial charge in [-0.15, -0.1) is 11.3 Å². The summed E-state index contributed by atoms with van der Waals surface area (Å²) >= 11 is 1.50. The Bertz CT molecular complexity index is 1430. The van der Waals surface area contributed by atoms with Crippen molar-refractivity contribution in [3.63, 3.8) is 0 Å². The highest BCUT2D eigenvalue weighted by molar-refractivity contribution is 7.91. The maximum atomic E-state index is 13.3. The number of hydrogen-bond acceptors (Lipinski definition) is 7. The molecule has 34 heavy (non-hydrogen) atoms. The molecule has 2 heterocycles. The number of methoxy groups -OCH3 is 1. The molecule has 0 fully saturated rings. The fraction of sp³-hybridized carbons (Fsp3) is 0.120. The molecule has 0 bridgehead atoms. The highest BCUT2D eigenvalue weighted by Gasteiger charge is 2.24. The number of anilines is 1. The van der Waals surface area contributed by atoms with Crippen molar-refractivity contribution in [1.82, 2.24) is 4.98 Å². The minimum absolute atomic E-state index is 0.0697. The normalized spacial score (nSPS) is 11.2. The molecule has 0 unspecified atom stereocenters. The number of nitrogens with zero attached hydrogens (tertiary/aromatic N) is 1. The van der Waals surface area contributed by atoms with Gasteiger partial charge in [0, 0.05) is 28.7 Å². The molecule has 174 valence electrons. The number of rotatable bonds is 8. The number of aromatic nitrogens is 1. The van der Waals surface area contributed by atoms with Crippen molar-refractivity contribution in [2.75, 3.05) is 12.4 Å². The first-order valence-corrected chi connectivity index (χ1v) is 12.7. The highest BCUT2D eigenvalue weighted by Crippen LogP contribution is 2.36. The van der Waals surface area contributed by atoms with Crippen molar-refractivity contribution in [3.8, 4) is 16.2 Å². The van der Waals surface area contributed by atoms with Gasteiger partial charge >= 0.3 is 5.97 Å². The number of pyridine rings is 1. The fourth-order valence-electron chi connectivity index (χ4n) is 3.62. The van der Waals surface area contributed by atoms with Crippen molar-refractivity contribution in [2.24, 2.45) is 0 Å². The van der Waals surface area contributed by atoms with E-state index in [4.69, 9.17) is 4.74 Å². The van der Waals surface area contributed by atoms with Crippen LogP contribution in [0.15, 0.2) is 82.2 Å². The van der Waals surface area contributed by atoms with Gasteiger partial charge < -0.3 is 15.2 Å². The van der Waals surface area contributed by atoms with Crippen LogP contribution in [0.5, 0.6) is 5.75 Å². The van der Waals surface area contributed by atoms with Crippen LogP contribution >= 0.6 is 11.3 Å². The molecular formula is C25H22N2O5S2. The molecule has 2 aromatic heterocycles. The molecule has 0 saturated heterocycles. The van der Waals surface area contributed by atoms with Crippen LogP contribution in [0.4, 0.5) is 5.69 Å². The molecule has 0 saturated carbocycles. The third-order valence-electron chi connectivity index (χ3n) is 5.23. The van der Waals surface area contributed by atoms with Crippen LogP contribution in [0.2, 0.25) is 0 Å². The predicted octanol–water partition coefficient (Wildman–Crippen LogP) is 5.27. The smallest absolute Gasteiger partial charge is 0.337 e. The molecule has 7 nitrogen and oxygen atoms in total. The van der Waals surface area contributed by atoms with Crippen LogP contribution in [0.25, 0.3) is 10.4 Å². The van der Waals surface area contributed by atoms with Crippen LogP contribution < -0.4 is 10.1 Å². The van der Waals surface area contributed by atoms with E-state index in [9.17, 15) is 18.3 Å². The third kappa shape index (κ3) is 4.66. The first kappa shape index (κ1) is 23.5. The second-order valence-corrected chi connectivity index (χ2v) is 10.3. The van der Waals surface area contributed by atoms with E-state index in [0.717, 1.165) is 16.0 Å². The number of thiophene rings is 1. The summed E-state index contributed by atoms with van der Waals surface area (Å²) in [7, 11) is -2.40. The van der Waals surface area contributed by atoms with Gasteiger partial charge in [-0.05, 0) is 66.4 Å². The zero-order chi connectivity index (χ0) is 24.3. The van der Waals surface area contributed by atoms with Crippen molar-refractivity contribution >= 4 is 32.8 Å². The number of carbonyl (C=O) groups is 1. The molecule has 0 radical (unpaired) electrons. The lowest BCUT2D eigenvalue weighted by atomic mass is 10.0. The van der Waals surface area contributed by atoms with Crippen molar-refractivity contribution in [3.05, 3.63) is 88.9 Å². The molecule has 9 heteroatoms. The summed E-state index contributed by atoms with van der Waals surface area (Å²) in [6, 6.07) is 16.7. The van der Waals surface area contributed by atoms with E-state index >= 15 is 0 Å². The van der Waals surface area contributed by atoms with Crippen LogP contribution in [0.3, 0.4) is 0 Å². The molecular weight excluding hydrogens is 472 g/mol. The molecule has 0 aliphatic heterocycles. The minimum Gasteiger partial charge on any atom is -0.497 e. The maximum absolute atomic E-state index is 13.3. The topological polar surface area (TPSA) is 106 Å². The van der Waals surface area contributed by atoms with Crippen molar-refractivity contribution in [1.29, 1.82) is 0 Å². The van der Waals surface area contributed by atoms with Gasteiger partial charge in [-0.1, -0.05) is 12.1 Å². The average Bonchev–Trinajstić information content (AvgIpc) is 3.38. The molecule has 0 aliphatic rings. The van der Waals surface area contributed by atoms with E-state index in [0.29, 0.717) is 17.0 Å². The second-order valence-electron chi connectivity index (χ2n) is 7.52. The minimum atomic E-state index is -3.91. The largest absolute Gasteiger partial charge is 0.497 e. The van der Waals surface area contributed by atoms with E-state index in [1.807, 2.05) is 30.5 Å². The van der Waals surface area contributed by atoms with Gasteiger partial charge in [0.15, 0.2) is 5.03 Å². The molecule has 0 amide bonds. The Hall–Kier alpha value is -3.69. The highest BCUT2D eigenvalue weighted by atomic mass is 32.2. The first-order chi connectivity index (χ1) is 16.3. The molecule has 4 aromatic rings. The van der Waals surface area contributed by atoms with E-state index in [-0.39, 0.29) is 22.0 Å². The Kier molecular flexibility index (Phi) is 6.67. The average molecular weight is 495 g/mol. The third-order valence-corrected chi connectivity index (χ3v) is 7.90. The lowest BCUT2D eigenvalue weighted by Gasteiger charge is -2.17. The number of hydrogen-bond donors (Lipinski definition) is 2. The van der Waals surface area contributed by atoms with Crippen molar-refractivity contribution in [2.45, 2.75) is 23.4 Å². The summed E-state index contributed by atoms with van der Waals surface area (Å²) in [5.41, 5.74) is 2.53. The Balaban J connectivity index is 1.73. The van der Waals surface area contributed by atoms with E-state index < -0.39 is 15.8 Å². The molecule has 0 spiro atoms. The maximum Gasteiger partial charge on any atom is 0.337 e. The van der Waals surface area contributed by atoms with E-state index in [2.05, 4.69) is 10.3 Å². The van der Waals surface area contributed by atoms with Gasteiger partial charge in [0.05, 0.1) is 23.3 Å². The zero-order valence-electron chi connectivity index (χ0n) is 18.5.